The van der Waals surface area contributed by atoms with Crippen LogP contribution in [0.2, 0.25) is 0 Å². The average molecular weight is 135 g/mol. The molecule has 0 saturated heterocycles. The molecule has 0 atom stereocenters. The lowest BCUT2D eigenvalue weighted by Gasteiger charge is -1.96. The van der Waals surface area contributed by atoms with Gasteiger partial charge in [0.05, 0.1) is 6.20 Å². The molecular formula is C8H6FN. The Kier molecular flexibility index (Phi) is 1.68. The van der Waals surface area contributed by atoms with E-state index in [0.717, 1.165) is 6.20 Å². The molecule has 0 spiro atoms. The zero-order chi connectivity index (χ0) is 7.56. The van der Waals surface area contributed by atoms with Gasteiger partial charge in [0.25, 0.3) is 0 Å². The average Bonchev–Trinajstić information content (AvgIpc) is 1.95. The van der Waals surface area contributed by atoms with Gasteiger partial charge in [0.2, 0.25) is 0 Å². The number of rotatable bonds is 0. The van der Waals surface area contributed by atoms with Gasteiger partial charge in [-0.05, 0) is 6.92 Å². The van der Waals surface area contributed by atoms with E-state index in [0.29, 0.717) is 11.1 Å². The van der Waals surface area contributed by atoms with Gasteiger partial charge in [-0.2, -0.15) is 0 Å². The molecule has 0 bridgehead atoms. The van der Waals surface area contributed by atoms with Crippen LogP contribution >= 0.6 is 0 Å². The summed E-state index contributed by atoms with van der Waals surface area (Å²) >= 11 is 0. The van der Waals surface area contributed by atoms with Crippen molar-refractivity contribution in [2.45, 2.75) is 6.92 Å². The first kappa shape index (κ1) is 6.76. The molecule has 0 aliphatic heterocycles. The minimum absolute atomic E-state index is 0.351. The third-order valence-corrected chi connectivity index (χ3v) is 1.31. The van der Waals surface area contributed by atoms with E-state index in [1.807, 2.05) is 0 Å². The molecule has 10 heavy (non-hydrogen) atoms. The Hall–Kier alpha value is -1.36. The predicted octanol–water partition coefficient (Wildman–Crippen LogP) is 1.51. The highest BCUT2D eigenvalue weighted by molar-refractivity contribution is 5.36. The van der Waals surface area contributed by atoms with Crippen molar-refractivity contribution in [2.75, 3.05) is 0 Å². The SMILES string of the molecule is C#Cc1cncc(F)c1C. The number of nitrogens with zero attached hydrogens (tertiary/aromatic N) is 1. The minimum atomic E-state index is -0.351. The standard InChI is InChI=1S/C8H6FN/c1-3-7-4-10-5-8(9)6(7)2/h1,4-5H,2H3. The smallest absolute Gasteiger partial charge is 0.145 e. The Bertz CT molecular complexity index is 286. The van der Waals surface area contributed by atoms with Crippen LogP contribution in [0.25, 0.3) is 0 Å². The van der Waals surface area contributed by atoms with E-state index in [-0.39, 0.29) is 5.82 Å². The molecule has 0 aromatic carbocycles. The van der Waals surface area contributed by atoms with Crippen LogP contribution in [0.15, 0.2) is 12.4 Å². The van der Waals surface area contributed by atoms with Gasteiger partial charge >= 0.3 is 0 Å². The number of aromatic nitrogens is 1. The van der Waals surface area contributed by atoms with E-state index in [9.17, 15) is 4.39 Å². The summed E-state index contributed by atoms with van der Waals surface area (Å²) in [5, 5.41) is 0. The largest absolute Gasteiger partial charge is 0.260 e. The molecule has 0 N–H and O–H groups in total. The molecule has 0 amide bonds. The molecule has 2 heteroatoms. The summed E-state index contributed by atoms with van der Waals surface area (Å²) in [5.74, 6) is 1.98. The van der Waals surface area contributed by atoms with Gasteiger partial charge < -0.3 is 0 Å². The Morgan fingerprint density at radius 1 is 1.60 bits per heavy atom. The number of pyridine rings is 1. The van der Waals surface area contributed by atoms with Crippen molar-refractivity contribution < 1.29 is 4.39 Å². The van der Waals surface area contributed by atoms with Crippen molar-refractivity contribution in [3.63, 3.8) is 0 Å². The number of terminal acetylenes is 1. The van der Waals surface area contributed by atoms with Crippen molar-refractivity contribution in [3.8, 4) is 12.3 Å². The summed E-state index contributed by atoms with van der Waals surface area (Å²) in [7, 11) is 0. The van der Waals surface area contributed by atoms with Crippen LogP contribution in [-0.4, -0.2) is 4.98 Å². The monoisotopic (exact) mass is 135 g/mol. The van der Waals surface area contributed by atoms with Crippen LogP contribution in [0.1, 0.15) is 11.1 Å². The second kappa shape index (κ2) is 2.49. The molecule has 0 aliphatic carbocycles. The van der Waals surface area contributed by atoms with Crippen LogP contribution in [-0.2, 0) is 0 Å². The molecule has 1 heterocycles. The third-order valence-electron chi connectivity index (χ3n) is 1.31. The van der Waals surface area contributed by atoms with Gasteiger partial charge in [0, 0.05) is 17.3 Å². The predicted molar refractivity (Wildman–Crippen MR) is 36.9 cm³/mol. The fourth-order valence-electron chi connectivity index (χ4n) is 0.645. The maximum Gasteiger partial charge on any atom is 0.145 e. The molecular weight excluding hydrogens is 129 g/mol. The lowest BCUT2D eigenvalue weighted by Crippen LogP contribution is -1.88. The zero-order valence-electron chi connectivity index (χ0n) is 5.56. The number of hydrogen-bond acceptors (Lipinski definition) is 1. The fourth-order valence-corrected chi connectivity index (χ4v) is 0.645. The number of hydrogen-bond donors (Lipinski definition) is 0. The molecule has 0 fully saturated rings. The molecule has 1 aromatic heterocycles. The highest BCUT2D eigenvalue weighted by Gasteiger charge is 1.99. The topological polar surface area (TPSA) is 12.9 Å². The third kappa shape index (κ3) is 0.985. The molecule has 0 saturated carbocycles. The van der Waals surface area contributed by atoms with Gasteiger partial charge in [-0.3, -0.25) is 4.98 Å². The number of halogens is 1. The lowest BCUT2D eigenvalue weighted by molar-refractivity contribution is 0.611. The normalized spacial score (nSPS) is 8.90. The van der Waals surface area contributed by atoms with Crippen molar-refractivity contribution in [2.24, 2.45) is 0 Å². The zero-order valence-corrected chi connectivity index (χ0v) is 5.56. The first-order valence-electron chi connectivity index (χ1n) is 2.82. The molecule has 1 nitrogen and oxygen atoms in total. The minimum Gasteiger partial charge on any atom is -0.260 e. The quantitative estimate of drug-likeness (QED) is 0.491. The van der Waals surface area contributed by atoms with E-state index < -0.39 is 0 Å². The molecule has 0 unspecified atom stereocenters. The summed E-state index contributed by atoms with van der Waals surface area (Å²) in [5.41, 5.74) is 0.998. The Morgan fingerprint density at radius 3 is 2.80 bits per heavy atom. The first-order chi connectivity index (χ1) is 4.75. The van der Waals surface area contributed by atoms with E-state index in [1.165, 1.54) is 6.20 Å². The van der Waals surface area contributed by atoms with E-state index in [4.69, 9.17) is 6.42 Å². The lowest BCUT2D eigenvalue weighted by atomic mass is 10.2. The van der Waals surface area contributed by atoms with E-state index in [1.54, 1.807) is 6.92 Å². The van der Waals surface area contributed by atoms with Crippen LogP contribution in [0.3, 0.4) is 0 Å². The van der Waals surface area contributed by atoms with E-state index >= 15 is 0 Å². The van der Waals surface area contributed by atoms with Crippen molar-refractivity contribution in [3.05, 3.63) is 29.3 Å². The summed E-state index contributed by atoms with van der Waals surface area (Å²) in [4.78, 5) is 3.60. The molecule has 50 valence electrons. The van der Waals surface area contributed by atoms with Crippen molar-refractivity contribution >= 4 is 0 Å². The van der Waals surface area contributed by atoms with Crippen LogP contribution < -0.4 is 0 Å². The van der Waals surface area contributed by atoms with Crippen LogP contribution in [0.5, 0.6) is 0 Å². The second-order valence-electron chi connectivity index (χ2n) is 1.94. The molecule has 1 rings (SSSR count). The molecule has 0 aliphatic rings. The van der Waals surface area contributed by atoms with Gasteiger partial charge in [-0.15, -0.1) is 6.42 Å². The van der Waals surface area contributed by atoms with Crippen LogP contribution in [0.4, 0.5) is 4.39 Å². The Labute approximate surface area is 58.9 Å². The van der Waals surface area contributed by atoms with E-state index in [2.05, 4.69) is 10.9 Å². The fraction of sp³-hybridized carbons (Fsp3) is 0.125. The first-order valence-corrected chi connectivity index (χ1v) is 2.82. The van der Waals surface area contributed by atoms with Crippen LogP contribution in [0, 0.1) is 25.1 Å². The maximum atomic E-state index is 12.6. The maximum absolute atomic E-state index is 12.6. The van der Waals surface area contributed by atoms with Gasteiger partial charge in [-0.25, -0.2) is 4.39 Å². The Morgan fingerprint density at radius 2 is 2.30 bits per heavy atom. The van der Waals surface area contributed by atoms with Gasteiger partial charge in [0.1, 0.15) is 5.82 Å². The summed E-state index contributed by atoms with van der Waals surface area (Å²) in [6.45, 7) is 1.63. The van der Waals surface area contributed by atoms with Gasteiger partial charge in [0.15, 0.2) is 0 Å². The second-order valence-corrected chi connectivity index (χ2v) is 1.94. The van der Waals surface area contributed by atoms with Gasteiger partial charge in [-0.1, -0.05) is 5.92 Å². The summed E-state index contributed by atoms with van der Waals surface area (Å²) < 4.78 is 12.6. The highest BCUT2D eigenvalue weighted by Crippen LogP contribution is 2.07. The highest BCUT2D eigenvalue weighted by atomic mass is 19.1. The summed E-state index contributed by atoms with van der Waals surface area (Å²) in [6.07, 6.45) is 7.68. The molecule has 0 radical (unpaired) electrons. The molecule has 1 aromatic rings. The van der Waals surface area contributed by atoms with Crippen molar-refractivity contribution in [1.29, 1.82) is 0 Å². The summed E-state index contributed by atoms with van der Waals surface area (Å²) in [6, 6.07) is 0. The Balaban J connectivity index is 3.31. The van der Waals surface area contributed by atoms with Crippen molar-refractivity contribution in [1.82, 2.24) is 4.98 Å².